The largest absolute Gasteiger partial charge is 0.323 e. The average Bonchev–Trinajstić information content (AvgIpc) is 2.40. The zero-order valence-corrected chi connectivity index (χ0v) is 9.94. The van der Waals surface area contributed by atoms with Gasteiger partial charge in [0.25, 0.3) is 0 Å². The van der Waals surface area contributed by atoms with Crippen LogP contribution in [0.1, 0.15) is 25.0 Å². The lowest BCUT2D eigenvalue weighted by Crippen LogP contribution is -2.58. The first kappa shape index (κ1) is 10.3. The maximum absolute atomic E-state index is 4.43. The van der Waals surface area contributed by atoms with Crippen LogP contribution in [0.15, 0.2) is 24.4 Å². The van der Waals surface area contributed by atoms with Crippen LogP contribution < -0.4 is 0 Å². The van der Waals surface area contributed by atoms with Crippen LogP contribution in [0.2, 0.25) is 0 Å². The maximum atomic E-state index is 4.43. The molecule has 0 N–H and O–H groups in total. The summed E-state index contributed by atoms with van der Waals surface area (Å²) >= 11 is 0. The van der Waals surface area contributed by atoms with E-state index in [9.17, 15) is 0 Å². The molecule has 16 heavy (non-hydrogen) atoms. The van der Waals surface area contributed by atoms with E-state index < -0.39 is 0 Å². The Morgan fingerprint density at radius 3 is 2.50 bits per heavy atom. The molecule has 3 aliphatic heterocycles. The second-order valence-electron chi connectivity index (χ2n) is 5.54. The summed E-state index contributed by atoms with van der Waals surface area (Å²) < 4.78 is 1.38. The molecule has 4 heterocycles. The van der Waals surface area contributed by atoms with Crippen molar-refractivity contribution >= 4 is 0 Å². The van der Waals surface area contributed by atoms with E-state index in [0.717, 1.165) is 12.3 Å². The number of hydrogen-bond acceptors (Lipinski definition) is 1. The summed E-state index contributed by atoms with van der Waals surface area (Å²) in [6, 6.07) is 6.27. The van der Waals surface area contributed by atoms with Crippen LogP contribution >= 0.6 is 0 Å². The average molecular weight is 217 g/mol. The molecule has 1 aromatic heterocycles. The fourth-order valence-electron chi connectivity index (χ4n) is 3.37. The molecule has 3 saturated heterocycles. The van der Waals surface area contributed by atoms with Crippen LogP contribution in [0.5, 0.6) is 0 Å². The molecule has 3 aliphatic rings. The Balaban J connectivity index is 1.62. The molecular weight excluding hydrogens is 196 g/mol. The molecule has 0 aliphatic carbocycles. The van der Waals surface area contributed by atoms with Crippen LogP contribution in [0.25, 0.3) is 0 Å². The summed E-state index contributed by atoms with van der Waals surface area (Å²) in [5, 5.41) is 0. The number of hydrogen-bond donors (Lipinski definition) is 0. The molecule has 0 aromatic carbocycles. The lowest BCUT2D eigenvalue weighted by atomic mass is 9.85. The number of aromatic nitrogens is 1. The summed E-state index contributed by atoms with van der Waals surface area (Å²) in [6.07, 6.45) is 7.50. The van der Waals surface area contributed by atoms with Gasteiger partial charge in [0.05, 0.1) is 26.2 Å². The van der Waals surface area contributed by atoms with Crippen LogP contribution in [-0.2, 0) is 6.42 Å². The van der Waals surface area contributed by atoms with Crippen LogP contribution in [0, 0.1) is 5.92 Å². The van der Waals surface area contributed by atoms with Crippen molar-refractivity contribution in [3.63, 3.8) is 0 Å². The highest BCUT2D eigenvalue weighted by molar-refractivity contribution is 5.03. The summed E-state index contributed by atoms with van der Waals surface area (Å²) in [6.45, 7) is 5.59. The molecule has 1 aromatic rings. The molecule has 2 heteroatoms. The second-order valence-corrected chi connectivity index (χ2v) is 5.54. The van der Waals surface area contributed by atoms with Gasteiger partial charge in [-0.05, 0) is 37.3 Å². The van der Waals surface area contributed by atoms with Crippen LogP contribution in [0.3, 0.4) is 0 Å². The Kier molecular flexibility index (Phi) is 2.68. The smallest absolute Gasteiger partial charge is 0.0842 e. The van der Waals surface area contributed by atoms with E-state index in [2.05, 4.69) is 17.1 Å². The van der Waals surface area contributed by atoms with Crippen molar-refractivity contribution in [1.29, 1.82) is 0 Å². The number of rotatable bonds is 3. The molecule has 2 bridgehead atoms. The third-order valence-corrected chi connectivity index (χ3v) is 4.60. The second kappa shape index (κ2) is 4.17. The molecule has 0 atom stereocenters. The van der Waals surface area contributed by atoms with Crippen molar-refractivity contribution in [1.82, 2.24) is 4.98 Å². The molecule has 4 rings (SSSR count). The van der Waals surface area contributed by atoms with Crippen LogP contribution in [-0.4, -0.2) is 35.6 Å². The van der Waals surface area contributed by atoms with Crippen molar-refractivity contribution in [2.45, 2.75) is 25.7 Å². The molecule has 0 saturated carbocycles. The molecule has 0 spiro atoms. The molecule has 0 radical (unpaired) electrons. The van der Waals surface area contributed by atoms with E-state index in [1.807, 2.05) is 12.3 Å². The minimum Gasteiger partial charge on any atom is -0.323 e. The summed E-state index contributed by atoms with van der Waals surface area (Å²) in [4.78, 5) is 4.43. The van der Waals surface area contributed by atoms with E-state index in [0.29, 0.717) is 0 Å². The van der Waals surface area contributed by atoms with Crippen molar-refractivity contribution in [3.8, 4) is 0 Å². The molecule has 3 fully saturated rings. The van der Waals surface area contributed by atoms with Crippen molar-refractivity contribution in [3.05, 3.63) is 30.1 Å². The topological polar surface area (TPSA) is 12.9 Å². The highest BCUT2D eigenvalue weighted by Gasteiger charge is 2.39. The molecule has 2 nitrogen and oxygen atoms in total. The molecule has 86 valence electrons. The van der Waals surface area contributed by atoms with Crippen molar-refractivity contribution in [2.75, 3.05) is 26.2 Å². The van der Waals surface area contributed by atoms with Gasteiger partial charge in [0.15, 0.2) is 0 Å². The Bertz CT molecular complexity index is 325. The van der Waals surface area contributed by atoms with Gasteiger partial charge in [-0.1, -0.05) is 6.07 Å². The Morgan fingerprint density at radius 1 is 1.12 bits per heavy atom. The summed E-state index contributed by atoms with van der Waals surface area (Å²) in [5.41, 5.74) is 1.27. The zero-order valence-electron chi connectivity index (χ0n) is 9.94. The quantitative estimate of drug-likeness (QED) is 0.708. The summed E-state index contributed by atoms with van der Waals surface area (Å²) in [5.74, 6) is 1.06. The van der Waals surface area contributed by atoms with Gasteiger partial charge >= 0.3 is 0 Å². The van der Waals surface area contributed by atoms with Gasteiger partial charge in [-0.2, -0.15) is 0 Å². The zero-order chi connectivity index (χ0) is 10.8. The van der Waals surface area contributed by atoms with Crippen LogP contribution in [0.4, 0.5) is 0 Å². The Morgan fingerprint density at radius 2 is 1.88 bits per heavy atom. The first-order valence-corrected chi connectivity index (χ1v) is 6.61. The van der Waals surface area contributed by atoms with Gasteiger partial charge in [0, 0.05) is 18.3 Å². The fourth-order valence-corrected chi connectivity index (χ4v) is 3.37. The first-order chi connectivity index (χ1) is 7.86. The van der Waals surface area contributed by atoms with E-state index >= 15 is 0 Å². The highest BCUT2D eigenvalue weighted by Crippen LogP contribution is 2.33. The standard InChI is InChI=1S/C14H21N2/c1-2-8-15-14(3-1)7-12-16-9-4-13(5-10-16)6-11-16/h1-3,8,13H,4-7,9-12H2/q+1. The molecule has 0 unspecified atom stereocenters. The van der Waals surface area contributed by atoms with E-state index in [4.69, 9.17) is 0 Å². The van der Waals surface area contributed by atoms with Gasteiger partial charge < -0.3 is 4.48 Å². The lowest BCUT2D eigenvalue weighted by molar-refractivity contribution is -0.942. The normalized spacial score (nSPS) is 32.9. The predicted octanol–water partition coefficient (Wildman–Crippen LogP) is 2.25. The minimum absolute atomic E-state index is 1.06. The van der Waals surface area contributed by atoms with Gasteiger partial charge in [-0.3, -0.25) is 4.98 Å². The van der Waals surface area contributed by atoms with E-state index in [-0.39, 0.29) is 0 Å². The molecular formula is C14H21N2+. The number of quaternary nitrogens is 1. The third-order valence-electron chi connectivity index (χ3n) is 4.60. The van der Waals surface area contributed by atoms with Gasteiger partial charge in [-0.25, -0.2) is 0 Å². The number of fused-ring (bicyclic) bond motifs is 3. The fraction of sp³-hybridized carbons (Fsp3) is 0.643. The number of piperidine rings is 3. The van der Waals surface area contributed by atoms with Gasteiger partial charge in [-0.15, -0.1) is 0 Å². The minimum atomic E-state index is 1.06. The highest BCUT2D eigenvalue weighted by atomic mass is 15.4. The SMILES string of the molecule is c1ccc(CC[N+]23CCC(CC2)CC3)nc1. The maximum Gasteiger partial charge on any atom is 0.0842 e. The molecule has 0 amide bonds. The number of pyridine rings is 1. The van der Waals surface area contributed by atoms with E-state index in [1.165, 1.54) is 55.6 Å². The van der Waals surface area contributed by atoms with Gasteiger partial charge in [0.2, 0.25) is 0 Å². The summed E-state index contributed by atoms with van der Waals surface area (Å²) in [7, 11) is 0. The van der Waals surface area contributed by atoms with Crippen molar-refractivity contribution < 1.29 is 4.48 Å². The Labute approximate surface area is 97.9 Å². The Hall–Kier alpha value is -0.890. The van der Waals surface area contributed by atoms with E-state index in [1.54, 1.807) is 0 Å². The monoisotopic (exact) mass is 217 g/mol. The predicted molar refractivity (Wildman–Crippen MR) is 65.0 cm³/mol. The number of nitrogens with zero attached hydrogens (tertiary/aromatic N) is 2. The first-order valence-electron chi connectivity index (χ1n) is 6.61. The van der Waals surface area contributed by atoms with Gasteiger partial charge in [0.1, 0.15) is 0 Å². The van der Waals surface area contributed by atoms with Crippen molar-refractivity contribution in [2.24, 2.45) is 5.92 Å². The third kappa shape index (κ3) is 1.99. The lowest BCUT2D eigenvalue weighted by Gasteiger charge is -2.49.